The lowest BCUT2D eigenvalue weighted by Crippen LogP contribution is -2.09. The van der Waals surface area contributed by atoms with E-state index < -0.39 is 5.97 Å². The average molecular weight is 196 g/mol. The van der Waals surface area contributed by atoms with Crippen LogP contribution in [-0.2, 0) is 18.3 Å². The molecule has 0 aliphatic carbocycles. The number of carboxylic acids is 1. The molecule has 1 heterocycles. The number of aromatic nitrogens is 2. The highest BCUT2D eigenvalue weighted by atomic mass is 16.4. The fourth-order valence-electron chi connectivity index (χ4n) is 1.34. The smallest absolute Gasteiger partial charge is 0.306 e. The molecule has 0 radical (unpaired) electrons. The summed E-state index contributed by atoms with van der Waals surface area (Å²) in [5, 5.41) is 12.7. The number of carboxylic acid groups (broad SMARTS) is 1. The Morgan fingerprint density at radius 1 is 1.71 bits per heavy atom. The van der Waals surface area contributed by atoms with Crippen molar-refractivity contribution in [2.75, 3.05) is 0 Å². The molecule has 1 rings (SSSR count). The molecule has 0 fully saturated rings. The van der Waals surface area contributed by atoms with Gasteiger partial charge < -0.3 is 5.11 Å². The predicted octanol–water partition coefficient (Wildman–Crippen LogP) is 1.46. The van der Waals surface area contributed by atoms with E-state index in [1.165, 1.54) is 5.56 Å². The van der Waals surface area contributed by atoms with Crippen LogP contribution >= 0.6 is 0 Å². The second kappa shape index (κ2) is 4.79. The molecule has 0 saturated carbocycles. The lowest BCUT2D eigenvalue weighted by molar-refractivity contribution is -0.141. The van der Waals surface area contributed by atoms with Crippen molar-refractivity contribution in [1.82, 2.24) is 9.78 Å². The van der Waals surface area contributed by atoms with E-state index in [0.717, 1.165) is 19.3 Å². The minimum absolute atomic E-state index is 0.244. The van der Waals surface area contributed by atoms with E-state index in [1.54, 1.807) is 11.6 Å². The molecular formula is C10H16N2O2. The molecular weight excluding hydrogens is 180 g/mol. The second-order valence-corrected chi connectivity index (χ2v) is 3.65. The van der Waals surface area contributed by atoms with Crippen molar-refractivity contribution in [2.45, 2.75) is 26.2 Å². The monoisotopic (exact) mass is 196 g/mol. The number of carbonyl (C=O) groups is 1. The third-order valence-electron chi connectivity index (χ3n) is 2.28. The van der Waals surface area contributed by atoms with Gasteiger partial charge >= 0.3 is 5.97 Å². The van der Waals surface area contributed by atoms with Crippen LogP contribution in [0.3, 0.4) is 0 Å². The molecule has 0 amide bonds. The van der Waals surface area contributed by atoms with Gasteiger partial charge in [-0.25, -0.2) is 0 Å². The summed E-state index contributed by atoms with van der Waals surface area (Å²) in [5.41, 5.74) is 1.17. The highest BCUT2D eigenvalue weighted by Crippen LogP contribution is 2.09. The summed E-state index contributed by atoms with van der Waals surface area (Å²) >= 11 is 0. The van der Waals surface area contributed by atoms with Crippen LogP contribution in [0.25, 0.3) is 0 Å². The lowest BCUT2D eigenvalue weighted by Gasteiger charge is -2.03. The van der Waals surface area contributed by atoms with E-state index >= 15 is 0 Å². The topological polar surface area (TPSA) is 55.1 Å². The maximum atomic E-state index is 10.5. The van der Waals surface area contributed by atoms with Crippen molar-refractivity contribution >= 4 is 5.97 Å². The standard InChI is InChI=1S/C10H16N2O2/c1-8(10(13)14)4-3-5-9-6-11-12(2)7-9/h6-8H,3-5H2,1-2H3,(H,13,14). The van der Waals surface area contributed by atoms with Gasteiger partial charge in [0.15, 0.2) is 0 Å². The minimum Gasteiger partial charge on any atom is -0.481 e. The molecule has 78 valence electrons. The number of hydrogen-bond acceptors (Lipinski definition) is 2. The van der Waals surface area contributed by atoms with Crippen LogP contribution in [0.1, 0.15) is 25.3 Å². The van der Waals surface area contributed by atoms with Crippen LogP contribution in [0.2, 0.25) is 0 Å². The third-order valence-corrected chi connectivity index (χ3v) is 2.28. The van der Waals surface area contributed by atoms with E-state index in [4.69, 9.17) is 5.11 Å². The minimum atomic E-state index is -0.712. The van der Waals surface area contributed by atoms with Crippen LogP contribution in [-0.4, -0.2) is 20.9 Å². The summed E-state index contributed by atoms with van der Waals surface area (Å²) in [6.07, 6.45) is 6.33. The predicted molar refractivity (Wildman–Crippen MR) is 52.9 cm³/mol. The average Bonchev–Trinajstić information content (AvgIpc) is 2.51. The molecule has 0 aliphatic rings. The zero-order valence-electron chi connectivity index (χ0n) is 8.60. The lowest BCUT2D eigenvalue weighted by atomic mass is 10.0. The highest BCUT2D eigenvalue weighted by molar-refractivity contribution is 5.69. The summed E-state index contributed by atoms with van der Waals surface area (Å²) in [4.78, 5) is 10.5. The van der Waals surface area contributed by atoms with Crippen molar-refractivity contribution in [2.24, 2.45) is 13.0 Å². The molecule has 14 heavy (non-hydrogen) atoms. The Morgan fingerprint density at radius 2 is 2.43 bits per heavy atom. The first-order chi connectivity index (χ1) is 6.59. The number of aliphatic carboxylic acids is 1. The van der Waals surface area contributed by atoms with Gasteiger partial charge in [-0.05, 0) is 24.8 Å². The van der Waals surface area contributed by atoms with E-state index in [9.17, 15) is 4.79 Å². The van der Waals surface area contributed by atoms with Gasteiger partial charge in [0.1, 0.15) is 0 Å². The van der Waals surface area contributed by atoms with Crippen molar-refractivity contribution in [3.8, 4) is 0 Å². The Balaban J connectivity index is 2.25. The van der Waals surface area contributed by atoms with Crippen LogP contribution in [0.15, 0.2) is 12.4 Å². The maximum absolute atomic E-state index is 10.5. The van der Waals surface area contributed by atoms with Gasteiger partial charge in [0.25, 0.3) is 0 Å². The fraction of sp³-hybridized carbons (Fsp3) is 0.600. The van der Waals surface area contributed by atoms with E-state index in [-0.39, 0.29) is 5.92 Å². The van der Waals surface area contributed by atoms with Crippen LogP contribution in [0.4, 0.5) is 0 Å². The van der Waals surface area contributed by atoms with Gasteiger partial charge in [-0.2, -0.15) is 5.10 Å². The normalized spacial score (nSPS) is 12.7. The van der Waals surface area contributed by atoms with Gasteiger partial charge in [-0.15, -0.1) is 0 Å². The maximum Gasteiger partial charge on any atom is 0.306 e. The highest BCUT2D eigenvalue weighted by Gasteiger charge is 2.09. The Bertz CT molecular complexity index is 307. The number of rotatable bonds is 5. The number of aryl methyl sites for hydroxylation is 2. The van der Waals surface area contributed by atoms with Crippen LogP contribution < -0.4 is 0 Å². The Morgan fingerprint density at radius 3 is 2.93 bits per heavy atom. The Labute approximate surface area is 83.5 Å². The first kappa shape index (κ1) is 10.8. The first-order valence-electron chi connectivity index (χ1n) is 4.80. The van der Waals surface area contributed by atoms with Gasteiger partial charge in [0, 0.05) is 13.2 Å². The molecule has 1 N–H and O–H groups in total. The summed E-state index contributed by atoms with van der Waals surface area (Å²) in [6, 6.07) is 0. The van der Waals surface area contributed by atoms with Crippen molar-refractivity contribution in [1.29, 1.82) is 0 Å². The molecule has 0 aliphatic heterocycles. The molecule has 1 aromatic rings. The molecule has 0 aromatic carbocycles. The zero-order valence-corrected chi connectivity index (χ0v) is 8.60. The SMILES string of the molecule is CC(CCCc1cnn(C)c1)C(=O)O. The van der Waals surface area contributed by atoms with Crippen LogP contribution in [0.5, 0.6) is 0 Å². The fourth-order valence-corrected chi connectivity index (χ4v) is 1.34. The summed E-state index contributed by atoms with van der Waals surface area (Å²) in [6.45, 7) is 1.74. The molecule has 1 aromatic heterocycles. The Hall–Kier alpha value is -1.32. The van der Waals surface area contributed by atoms with Crippen molar-refractivity contribution < 1.29 is 9.90 Å². The van der Waals surface area contributed by atoms with Crippen LogP contribution in [0, 0.1) is 5.92 Å². The Kier molecular flexibility index (Phi) is 3.68. The zero-order chi connectivity index (χ0) is 10.6. The van der Waals surface area contributed by atoms with E-state index in [1.807, 2.05) is 19.4 Å². The molecule has 0 spiro atoms. The van der Waals surface area contributed by atoms with Crippen molar-refractivity contribution in [3.05, 3.63) is 18.0 Å². The molecule has 0 saturated heterocycles. The summed E-state index contributed by atoms with van der Waals surface area (Å²) < 4.78 is 1.76. The van der Waals surface area contributed by atoms with Gasteiger partial charge in [-0.1, -0.05) is 6.92 Å². The first-order valence-corrected chi connectivity index (χ1v) is 4.80. The molecule has 4 nitrogen and oxygen atoms in total. The molecule has 0 bridgehead atoms. The third kappa shape index (κ3) is 3.20. The number of hydrogen-bond donors (Lipinski definition) is 1. The largest absolute Gasteiger partial charge is 0.481 e. The molecule has 1 atom stereocenters. The summed E-state index contributed by atoms with van der Waals surface area (Å²) in [5.74, 6) is -0.956. The second-order valence-electron chi connectivity index (χ2n) is 3.65. The van der Waals surface area contributed by atoms with E-state index in [0.29, 0.717) is 0 Å². The molecule has 1 unspecified atom stereocenters. The van der Waals surface area contributed by atoms with Gasteiger partial charge in [0.2, 0.25) is 0 Å². The van der Waals surface area contributed by atoms with Gasteiger partial charge in [-0.3, -0.25) is 9.48 Å². The number of nitrogens with zero attached hydrogens (tertiary/aromatic N) is 2. The van der Waals surface area contributed by atoms with Crippen molar-refractivity contribution in [3.63, 3.8) is 0 Å². The van der Waals surface area contributed by atoms with E-state index in [2.05, 4.69) is 5.10 Å². The molecule has 4 heteroatoms. The summed E-state index contributed by atoms with van der Waals surface area (Å²) in [7, 11) is 1.88. The van der Waals surface area contributed by atoms with Gasteiger partial charge in [0.05, 0.1) is 12.1 Å². The quantitative estimate of drug-likeness (QED) is 0.775.